The number of methoxy groups -OCH3 is 1. The zero-order valence-corrected chi connectivity index (χ0v) is 25.8. The average molecular weight is 610 g/mol. The Morgan fingerprint density at radius 3 is 2.52 bits per heavy atom. The number of esters is 1. The number of carbonyl (C=O) groups is 4. The van der Waals surface area contributed by atoms with Crippen molar-refractivity contribution in [1.29, 1.82) is 0 Å². The number of rotatable bonds is 6. The lowest BCUT2D eigenvalue weighted by Crippen LogP contribution is -2.58. The Labute approximate surface area is 258 Å². The highest BCUT2D eigenvalue weighted by Crippen LogP contribution is 2.53. The van der Waals surface area contributed by atoms with Gasteiger partial charge in [0.25, 0.3) is 0 Å². The number of hydrogen-bond acceptors (Lipinski definition) is 8. The minimum Gasteiger partial charge on any atom is -0.455 e. The lowest BCUT2D eigenvalue weighted by Gasteiger charge is -2.40. The quantitative estimate of drug-likeness (QED) is 0.369. The van der Waals surface area contributed by atoms with Gasteiger partial charge < -0.3 is 34.4 Å². The van der Waals surface area contributed by atoms with Gasteiger partial charge in [0.05, 0.1) is 24.7 Å². The first kappa shape index (κ1) is 31.9. The van der Waals surface area contributed by atoms with Gasteiger partial charge in [-0.05, 0) is 39.2 Å². The molecule has 1 aromatic carbocycles. The minimum atomic E-state index is -1.43. The van der Waals surface area contributed by atoms with Gasteiger partial charge in [0.1, 0.15) is 23.7 Å². The topological polar surface area (TPSA) is 135 Å². The first-order chi connectivity index (χ1) is 21.0. The molecule has 0 unspecified atom stereocenters. The molecule has 5 rings (SSSR count). The molecule has 2 fully saturated rings. The number of cyclic esters (lactones) is 1. The van der Waals surface area contributed by atoms with E-state index < -0.39 is 53.2 Å². The molecular weight excluding hydrogens is 566 g/mol. The molecule has 4 aliphatic rings. The number of carbonyl (C=O) groups excluding carboxylic acids is 4. The SMILES string of the molecule is COC[C@@H]1NC(=O)CC/C=C\[C@@H]2O[C@@]34C=CCN(C(C)(C)C)C(=O)[C@@H]3N(CCCO)C(=O)[C@H]4[C@@H]2C(=O)O[C@H]1c1ccccc1. The summed E-state index contributed by atoms with van der Waals surface area (Å²) in [6.07, 6.45) is 6.16. The maximum Gasteiger partial charge on any atom is 0.313 e. The van der Waals surface area contributed by atoms with E-state index in [0.717, 1.165) is 0 Å². The Bertz CT molecular complexity index is 1310. The molecule has 2 N–H and O–H groups in total. The minimum absolute atomic E-state index is 0.0855. The standard InChI is InChI=1S/C33H43N3O8/c1-32(2,3)36-18-10-16-33-26(29(39)35(17-11-19-37)28(33)30(36)40)25-23(44-33)14-8-9-15-24(38)34-22(20-42-4)27(43-31(25)41)21-12-6-5-7-13-21/h5-8,10,12-14,16,22-23,25-28,37H,9,11,15,17-20H2,1-4H3,(H,34,38)/b14-8-/t22-,23-,25+,26+,27-,28-,33+/m0/s1. The molecule has 238 valence electrons. The van der Waals surface area contributed by atoms with Gasteiger partial charge in [0.15, 0.2) is 0 Å². The Kier molecular flexibility index (Phi) is 9.29. The van der Waals surface area contributed by atoms with Crippen molar-refractivity contribution >= 4 is 23.7 Å². The second-order valence-electron chi connectivity index (χ2n) is 12.8. The molecular formula is C33H43N3O8. The van der Waals surface area contributed by atoms with E-state index in [1.807, 2.05) is 57.2 Å². The number of aliphatic hydroxyl groups is 1. The molecule has 2 saturated heterocycles. The van der Waals surface area contributed by atoms with Crippen LogP contribution in [-0.2, 0) is 33.4 Å². The van der Waals surface area contributed by atoms with Crippen molar-refractivity contribution in [3.63, 3.8) is 0 Å². The van der Waals surface area contributed by atoms with Crippen molar-refractivity contribution in [2.24, 2.45) is 11.8 Å². The van der Waals surface area contributed by atoms with Gasteiger partial charge in [0, 0.05) is 38.8 Å². The van der Waals surface area contributed by atoms with Crippen LogP contribution in [-0.4, -0.2) is 101 Å². The molecule has 44 heavy (non-hydrogen) atoms. The van der Waals surface area contributed by atoms with Crippen molar-refractivity contribution in [3.8, 4) is 0 Å². The highest BCUT2D eigenvalue weighted by molar-refractivity contribution is 5.99. The number of allylic oxidation sites excluding steroid dienone is 1. The van der Waals surface area contributed by atoms with Crippen molar-refractivity contribution in [1.82, 2.24) is 15.1 Å². The average Bonchev–Trinajstić information content (AvgIpc) is 3.36. The van der Waals surface area contributed by atoms with Crippen LogP contribution in [0.15, 0.2) is 54.6 Å². The molecule has 0 radical (unpaired) electrons. The summed E-state index contributed by atoms with van der Waals surface area (Å²) in [5.41, 5.74) is -1.31. The first-order valence-electron chi connectivity index (χ1n) is 15.3. The molecule has 0 saturated carbocycles. The zero-order chi connectivity index (χ0) is 31.6. The van der Waals surface area contributed by atoms with E-state index in [-0.39, 0.29) is 50.3 Å². The van der Waals surface area contributed by atoms with Crippen molar-refractivity contribution in [3.05, 3.63) is 60.2 Å². The molecule has 0 bridgehead atoms. The number of ether oxygens (including phenoxy) is 3. The number of likely N-dealkylation sites (tertiary alicyclic amines) is 1. The predicted molar refractivity (Wildman–Crippen MR) is 160 cm³/mol. The summed E-state index contributed by atoms with van der Waals surface area (Å²) in [5.74, 6) is -3.65. The first-order valence-corrected chi connectivity index (χ1v) is 15.3. The summed E-state index contributed by atoms with van der Waals surface area (Å²) < 4.78 is 18.4. The van der Waals surface area contributed by atoms with Crippen LogP contribution in [0.3, 0.4) is 0 Å². The van der Waals surface area contributed by atoms with Crippen LogP contribution in [0.2, 0.25) is 0 Å². The van der Waals surface area contributed by atoms with Crippen LogP contribution in [0.4, 0.5) is 0 Å². The van der Waals surface area contributed by atoms with Crippen LogP contribution in [0.1, 0.15) is 51.7 Å². The molecule has 11 heteroatoms. The monoisotopic (exact) mass is 609 g/mol. The fourth-order valence-corrected chi connectivity index (χ4v) is 6.97. The van der Waals surface area contributed by atoms with Gasteiger partial charge in [-0.25, -0.2) is 0 Å². The van der Waals surface area contributed by atoms with E-state index in [1.54, 1.807) is 23.1 Å². The number of amides is 3. The highest BCUT2D eigenvalue weighted by atomic mass is 16.6. The number of nitrogens with one attached hydrogen (secondary N) is 1. The van der Waals surface area contributed by atoms with E-state index >= 15 is 0 Å². The molecule has 11 nitrogen and oxygen atoms in total. The van der Waals surface area contributed by atoms with Crippen LogP contribution in [0.25, 0.3) is 0 Å². The molecule has 1 spiro atoms. The van der Waals surface area contributed by atoms with Gasteiger partial charge >= 0.3 is 5.97 Å². The number of nitrogens with zero attached hydrogens (tertiary/aromatic N) is 2. The van der Waals surface area contributed by atoms with Crippen molar-refractivity contribution in [2.45, 2.75) is 75.5 Å². The fourth-order valence-electron chi connectivity index (χ4n) is 6.97. The maximum absolute atomic E-state index is 14.4. The summed E-state index contributed by atoms with van der Waals surface area (Å²) in [6, 6.07) is 7.38. The van der Waals surface area contributed by atoms with Gasteiger partial charge in [-0.2, -0.15) is 0 Å². The predicted octanol–water partition coefficient (Wildman–Crippen LogP) is 1.91. The van der Waals surface area contributed by atoms with E-state index in [1.165, 1.54) is 12.0 Å². The molecule has 3 amide bonds. The van der Waals surface area contributed by atoms with Gasteiger partial charge in [-0.15, -0.1) is 0 Å². The smallest absolute Gasteiger partial charge is 0.313 e. The third kappa shape index (κ3) is 5.80. The van der Waals surface area contributed by atoms with Crippen LogP contribution in [0.5, 0.6) is 0 Å². The van der Waals surface area contributed by atoms with Crippen LogP contribution < -0.4 is 5.32 Å². The molecule has 0 aromatic heterocycles. The molecule has 7 atom stereocenters. The third-order valence-corrected chi connectivity index (χ3v) is 8.93. The molecule has 1 aromatic rings. The second-order valence-corrected chi connectivity index (χ2v) is 12.8. The Morgan fingerprint density at radius 1 is 1.09 bits per heavy atom. The number of aliphatic hydroxyl groups excluding tert-OH is 1. The Balaban J connectivity index is 1.61. The molecule has 4 aliphatic heterocycles. The van der Waals surface area contributed by atoms with E-state index in [0.29, 0.717) is 18.5 Å². The number of hydrogen-bond donors (Lipinski definition) is 2. The van der Waals surface area contributed by atoms with E-state index in [4.69, 9.17) is 14.2 Å². The third-order valence-electron chi connectivity index (χ3n) is 8.93. The second kappa shape index (κ2) is 12.8. The highest BCUT2D eigenvalue weighted by Gasteiger charge is 2.72. The fraction of sp³-hybridized carbons (Fsp3) is 0.576. The Hall–Kier alpha value is -3.54. The van der Waals surface area contributed by atoms with Gasteiger partial charge in [-0.1, -0.05) is 54.6 Å². The largest absolute Gasteiger partial charge is 0.455 e. The molecule has 0 aliphatic carbocycles. The summed E-state index contributed by atoms with van der Waals surface area (Å²) in [4.78, 5) is 59.1. The number of fused-ring (bicyclic) bond motifs is 2. The lowest BCUT2D eigenvalue weighted by molar-refractivity contribution is -0.162. The van der Waals surface area contributed by atoms with Crippen molar-refractivity contribution in [2.75, 3.05) is 33.4 Å². The Morgan fingerprint density at radius 2 is 1.84 bits per heavy atom. The lowest BCUT2D eigenvalue weighted by atomic mass is 9.77. The van der Waals surface area contributed by atoms with Crippen LogP contribution >= 0.6 is 0 Å². The summed E-state index contributed by atoms with van der Waals surface area (Å²) >= 11 is 0. The maximum atomic E-state index is 14.4. The summed E-state index contributed by atoms with van der Waals surface area (Å²) in [6.45, 7) is 6.17. The zero-order valence-electron chi connectivity index (χ0n) is 25.8. The van der Waals surface area contributed by atoms with Crippen molar-refractivity contribution < 1.29 is 38.5 Å². The van der Waals surface area contributed by atoms with E-state index in [9.17, 15) is 24.3 Å². The van der Waals surface area contributed by atoms with Crippen LogP contribution in [0, 0.1) is 11.8 Å². The summed E-state index contributed by atoms with van der Waals surface area (Å²) in [5, 5.41) is 12.6. The molecule has 4 heterocycles. The summed E-state index contributed by atoms with van der Waals surface area (Å²) in [7, 11) is 1.51. The number of benzene rings is 1. The van der Waals surface area contributed by atoms with Gasteiger partial charge in [0.2, 0.25) is 17.7 Å². The normalized spacial score (nSPS) is 33.4. The van der Waals surface area contributed by atoms with Gasteiger partial charge in [-0.3, -0.25) is 19.2 Å². The van der Waals surface area contributed by atoms with E-state index in [2.05, 4.69) is 5.32 Å².